The van der Waals surface area contributed by atoms with E-state index in [1.54, 1.807) is 0 Å². The SMILES string of the molecule is CCC(C)COC1CC(C(=O)C(C)C)N(C(C)C)C1. The molecule has 1 aliphatic heterocycles. The Balaban J connectivity index is 2.59. The zero-order chi connectivity index (χ0) is 14.6. The number of hydrogen-bond donors (Lipinski definition) is 0. The zero-order valence-electron chi connectivity index (χ0n) is 13.5. The van der Waals surface area contributed by atoms with Crippen LogP contribution in [0.5, 0.6) is 0 Å². The van der Waals surface area contributed by atoms with Crippen molar-refractivity contribution in [2.45, 2.75) is 72.6 Å². The molecule has 1 rings (SSSR count). The first kappa shape index (κ1) is 16.6. The molecular weight excluding hydrogens is 238 g/mol. The fraction of sp³-hybridized carbons (Fsp3) is 0.938. The molecule has 0 aromatic rings. The number of ether oxygens (including phenoxy) is 1. The van der Waals surface area contributed by atoms with Gasteiger partial charge in [-0.05, 0) is 26.2 Å². The Morgan fingerprint density at radius 3 is 2.37 bits per heavy atom. The van der Waals surface area contributed by atoms with Gasteiger partial charge < -0.3 is 4.74 Å². The van der Waals surface area contributed by atoms with E-state index in [9.17, 15) is 4.79 Å². The number of carbonyl (C=O) groups is 1. The maximum absolute atomic E-state index is 12.3. The summed E-state index contributed by atoms with van der Waals surface area (Å²) >= 11 is 0. The first-order chi connectivity index (χ1) is 8.86. The number of likely N-dealkylation sites (tertiary alicyclic amines) is 1. The Labute approximate surface area is 118 Å². The molecule has 0 bridgehead atoms. The van der Waals surface area contributed by atoms with Gasteiger partial charge in [0.15, 0.2) is 5.78 Å². The van der Waals surface area contributed by atoms with E-state index in [4.69, 9.17) is 4.74 Å². The summed E-state index contributed by atoms with van der Waals surface area (Å²) in [5.74, 6) is 1.08. The van der Waals surface area contributed by atoms with E-state index in [2.05, 4.69) is 32.6 Å². The van der Waals surface area contributed by atoms with Gasteiger partial charge in [-0.1, -0.05) is 34.1 Å². The topological polar surface area (TPSA) is 29.5 Å². The lowest BCUT2D eigenvalue weighted by atomic mass is 9.99. The van der Waals surface area contributed by atoms with Gasteiger partial charge in [0.05, 0.1) is 12.1 Å². The van der Waals surface area contributed by atoms with Gasteiger partial charge in [0.25, 0.3) is 0 Å². The molecule has 0 saturated carbocycles. The lowest BCUT2D eigenvalue weighted by molar-refractivity contribution is -0.126. The Hall–Kier alpha value is -0.410. The van der Waals surface area contributed by atoms with Gasteiger partial charge in [-0.3, -0.25) is 9.69 Å². The van der Waals surface area contributed by atoms with Gasteiger partial charge in [0.2, 0.25) is 0 Å². The highest BCUT2D eigenvalue weighted by Crippen LogP contribution is 2.26. The van der Waals surface area contributed by atoms with Gasteiger partial charge >= 0.3 is 0 Å². The number of nitrogens with zero attached hydrogens (tertiary/aromatic N) is 1. The van der Waals surface area contributed by atoms with Crippen molar-refractivity contribution in [1.82, 2.24) is 4.90 Å². The molecule has 3 unspecified atom stereocenters. The average Bonchev–Trinajstić information content (AvgIpc) is 2.78. The van der Waals surface area contributed by atoms with E-state index in [1.165, 1.54) is 0 Å². The van der Waals surface area contributed by atoms with Crippen molar-refractivity contribution in [3.63, 3.8) is 0 Å². The van der Waals surface area contributed by atoms with Crippen molar-refractivity contribution < 1.29 is 9.53 Å². The maximum Gasteiger partial charge on any atom is 0.152 e. The first-order valence-electron chi connectivity index (χ1n) is 7.77. The summed E-state index contributed by atoms with van der Waals surface area (Å²) in [7, 11) is 0. The molecule has 112 valence electrons. The third-order valence-electron chi connectivity index (χ3n) is 4.18. The fourth-order valence-electron chi connectivity index (χ4n) is 2.60. The van der Waals surface area contributed by atoms with Crippen molar-refractivity contribution in [2.24, 2.45) is 11.8 Å². The molecule has 3 nitrogen and oxygen atoms in total. The van der Waals surface area contributed by atoms with E-state index in [-0.39, 0.29) is 18.1 Å². The Morgan fingerprint density at radius 1 is 1.26 bits per heavy atom. The minimum absolute atomic E-state index is 0.0573. The summed E-state index contributed by atoms with van der Waals surface area (Å²) in [5, 5.41) is 0. The summed E-state index contributed by atoms with van der Waals surface area (Å²) in [6, 6.07) is 0.465. The van der Waals surface area contributed by atoms with Crippen LogP contribution in [-0.2, 0) is 9.53 Å². The van der Waals surface area contributed by atoms with E-state index < -0.39 is 0 Å². The first-order valence-corrected chi connectivity index (χ1v) is 7.77. The van der Waals surface area contributed by atoms with Crippen LogP contribution in [0, 0.1) is 11.8 Å². The van der Waals surface area contributed by atoms with Crippen molar-refractivity contribution in [1.29, 1.82) is 0 Å². The third kappa shape index (κ3) is 4.57. The second-order valence-corrected chi connectivity index (χ2v) is 6.57. The molecule has 1 fully saturated rings. The monoisotopic (exact) mass is 269 g/mol. The second kappa shape index (κ2) is 7.39. The number of Topliss-reactive ketones (excluding diaryl/α,β-unsaturated/α-hetero) is 1. The van der Waals surface area contributed by atoms with Gasteiger partial charge in [0.1, 0.15) is 0 Å². The van der Waals surface area contributed by atoms with E-state index >= 15 is 0 Å². The average molecular weight is 269 g/mol. The van der Waals surface area contributed by atoms with Crippen LogP contribution < -0.4 is 0 Å². The largest absolute Gasteiger partial charge is 0.377 e. The molecular formula is C16H31NO2. The van der Waals surface area contributed by atoms with Crippen LogP contribution in [0.15, 0.2) is 0 Å². The Morgan fingerprint density at radius 2 is 1.89 bits per heavy atom. The maximum atomic E-state index is 12.3. The quantitative estimate of drug-likeness (QED) is 0.711. The van der Waals surface area contributed by atoms with Crippen LogP contribution in [0.4, 0.5) is 0 Å². The molecule has 1 aliphatic rings. The van der Waals surface area contributed by atoms with E-state index in [0.29, 0.717) is 17.7 Å². The Kier molecular flexibility index (Phi) is 6.48. The molecule has 0 N–H and O–H groups in total. The van der Waals surface area contributed by atoms with Crippen LogP contribution in [0.1, 0.15) is 54.4 Å². The molecule has 19 heavy (non-hydrogen) atoms. The molecule has 0 aromatic carbocycles. The normalized spacial score (nSPS) is 26.3. The molecule has 0 radical (unpaired) electrons. The van der Waals surface area contributed by atoms with Crippen LogP contribution in [-0.4, -0.2) is 42.0 Å². The molecule has 1 heterocycles. The van der Waals surface area contributed by atoms with Gasteiger partial charge in [-0.15, -0.1) is 0 Å². The highest BCUT2D eigenvalue weighted by atomic mass is 16.5. The molecule has 3 atom stereocenters. The molecule has 0 aromatic heterocycles. The second-order valence-electron chi connectivity index (χ2n) is 6.57. The minimum atomic E-state index is 0.0573. The standard InChI is InChI=1S/C16H31NO2/c1-7-13(6)10-19-14-8-15(16(18)11(2)3)17(9-14)12(4)5/h11-15H,7-10H2,1-6H3. The third-order valence-corrected chi connectivity index (χ3v) is 4.18. The number of ketones is 1. The van der Waals surface area contributed by atoms with E-state index in [0.717, 1.165) is 26.0 Å². The fourth-order valence-corrected chi connectivity index (χ4v) is 2.60. The molecule has 0 aliphatic carbocycles. The summed E-state index contributed by atoms with van der Waals surface area (Å²) in [4.78, 5) is 14.6. The van der Waals surface area contributed by atoms with E-state index in [1.807, 2.05) is 13.8 Å². The summed E-state index contributed by atoms with van der Waals surface area (Å²) in [5.41, 5.74) is 0. The lowest BCUT2D eigenvalue weighted by Crippen LogP contribution is -2.42. The van der Waals surface area contributed by atoms with Crippen LogP contribution in [0.25, 0.3) is 0 Å². The highest BCUT2D eigenvalue weighted by molar-refractivity contribution is 5.86. The summed E-state index contributed by atoms with van der Waals surface area (Å²) in [6.07, 6.45) is 2.24. The Bertz CT molecular complexity index is 288. The van der Waals surface area contributed by atoms with Crippen LogP contribution in [0.2, 0.25) is 0 Å². The molecule has 0 amide bonds. The number of rotatable bonds is 7. The predicted octanol–water partition coefficient (Wildman–Crippen LogP) is 3.13. The minimum Gasteiger partial charge on any atom is -0.377 e. The van der Waals surface area contributed by atoms with Crippen LogP contribution >= 0.6 is 0 Å². The predicted molar refractivity (Wildman–Crippen MR) is 79.3 cm³/mol. The molecule has 0 spiro atoms. The summed E-state index contributed by atoms with van der Waals surface area (Å²) in [6.45, 7) is 14.4. The summed E-state index contributed by atoms with van der Waals surface area (Å²) < 4.78 is 6.00. The zero-order valence-corrected chi connectivity index (χ0v) is 13.5. The molecule has 3 heteroatoms. The molecule has 1 saturated heterocycles. The smallest absolute Gasteiger partial charge is 0.152 e. The van der Waals surface area contributed by atoms with Gasteiger partial charge in [-0.25, -0.2) is 0 Å². The van der Waals surface area contributed by atoms with Crippen LogP contribution in [0.3, 0.4) is 0 Å². The van der Waals surface area contributed by atoms with Gasteiger partial charge in [0, 0.05) is 25.1 Å². The van der Waals surface area contributed by atoms with Crippen molar-refractivity contribution in [3.8, 4) is 0 Å². The number of hydrogen-bond acceptors (Lipinski definition) is 3. The lowest BCUT2D eigenvalue weighted by Gasteiger charge is -2.27. The van der Waals surface area contributed by atoms with Crippen molar-refractivity contribution >= 4 is 5.78 Å². The highest BCUT2D eigenvalue weighted by Gasteiger charge is 2.39. The number of carbonyl (C=O) groups excluding carboxylic acids is 1. The van der Waals surface area contributed by atoms with Crippen molar-refractivity contribution in [3.05, 3.63) is 0 Å². The van der Waals surface area contributed by atoms with Gasteiger partial charge in [-0.2, -0.15) is 0 Å². The van der Waals surface area contributed by atoms with Crippen molar-refractivity contribution in [2.75, 3.05) is 13.2 Å².